The van der Waals surface area contributed by atoms with Crippen LogP contribution in [-0.4, -0.2) is 16.1 Å². The van der Waals surface area contributed by atoms with E-state index in [2.05, 4.69) is 29.4 Å². The molecule has 98 valence electrons. The first-order chi connectivity index (χ1) is 8.63. The summed E-state index contributed by atoms with van der Waals surface area (Å²) >= 11 is 1.49. The second kappa shape index (κ2) is 4.61. The first-order valence-electron chi connectivity index (χ1n) is 6.77. The van der Waals surface area contributed by atoms with Gasteiger partial charge in [-0.3, -0.25) is 4.79 Å². The number of nitrogens with zero attached hydrogens (tertiary/aromatic N) is 2. The Balaban J connectivity index is 1.63. The van der Waals surface area contributed by atoms with E-state index >= 15 is 0 Å². The Kier molecular flexibility index (Phi) is 3.09. The molecule has 3 atom stereocenters. The van der Waals surface area contributed by atoms with Crippen LogP contribution in [0.5, 0.6) is 0 Å². The van der Waals surface area contributed by atoms with Crippen molar-refractivity contribution in [2.24, 2.45) is 17.8 Å². The predicted octanol–water partition coefficient (Wildman–Crippen LogP) is 3.04. The van der Waals surface area contributed by atoms with Crippen molar-refractivity contribution in [1.82, 2.24) is 10.2 Å². The lowest BCUT2D eigenvalue weighted by atomic mass is 9.88. The van der Waals surface area contributed by atoms with Crippen molar-refractivity contribution in [3.05, 3.63) is 5.01 Å². The summed E-state index contributed by atoms with van der Waals surface area (Å²) < 4.78 is 0. The number of hydrogen-bond acceptors (Lipinski definition) is 4. The highest BCUT2D eigenvalue weighted by Gasteiger charge is 2.43. The average molecular weight is 265 g/mol. The Morgan fingerprint density at radius 1 is 1.33 bits per heavy atom. The van der Waals surface area contributed by atoms with Gasteiger partial charge in [0.15, 0.2) is 0 Å². The molecule has 0 saturated heterocycles. The van der Waals surface area contributed by atoms with Crippen LogP contribution in [0.3, 0.4) is 0 Å². The lowest BCUT2D eigenvalue weighted by molar-refractivity contribution is -0.121. The smallest absolute Gasteiger partial charge is 0.229 e. The third-order valence-corrected chi connectivity index (χ3v) is 5.38. The van der Waals surface area contributed by atoms with E-state index in [0.29, 0.717) is 17.0 Å². The van der Waals surface area contributed by atoms with Gasteiger partial charge in [0.05, 0.1) is 0 Å². The number of carbonyl (C=O) groups is 1. The lowest BCUT2D eigenvalue weighted by Crippen LogP contribution is -2.27. The van der Waals surface area contributed by atoms with Crippen molar-refractivity contribution >= 4 is 22.4 Å². The number of carbonyl (C=O) groups excluding carboxylic acids is 1. The zero-order chi connectivity index (χ0) is 12.7. The zero-order valence-corrected chi connectivity index (χ0v) is 11.7. The van der Waals surface area contributed by atoms with Crippen LogP contribution in [0.15, 0.2) is 0 Å². The molecule has 5 heteroatoms. The first kappa shape index (κ1) is 12.1. The molecule has 2 aliphatic rings. The summed E-state index contributed by atoms with van der Waals surface area (Å²) in [4.78, 5) is 12.2. The summed E-state index contributed by atoms with van der Waals surface area (Å²) in [6.45, 7) is 4.17. The lowest BCUT2D eigenvalue weighted by Gasteiger charge is -2.19. The number of rotatable bonds is 3. The van der Waals surface area contributed by atoms with Crippen LogP contribution < -0.4 is 5.32 Å². The Labute approximate surface area is 111 Å². The summed E-state index contributed by atoms with van der Waals surface area (Å²) in [5, 5.41) is 12.7. The van der Waals surface area contributed by atoms with E-state index < -0.39 is 0 Å². The van der Waals surface area contributed by atoms with Gasteiger partial charge in [0.25, 0.3) is 0 Å². The fourth-order valence-corrected chi connectivity index (χ4v) is 4.03. The third kappa shape index (κ3) is 2.16. The van der Waals surface area contributed by atoms with Gasteiger partial charge in [-0.2, -0.15) is 0 Å². The fraction of sp³-hybridized carbons (Fsp3) is 0.769. The Morgan fingerprint density at radius 2 is 2.17 bits per heavy atom. The maximum absolute atomic E-state index is 12.2. The number of amides is 1. The SMILES string of the molecule is CC(C)c1nnc(NC(=O)C2CC3CCC2C3)s1. The van der Waals surface area contributed by atoms with E-state index in [4.69, 9.17) is 0 Å². The van der Waals surface area contributed by atoms with Crippen molar-refractivity contribution in [3.8, 4) is 0 Å². The van der Waals surface area contributed by atoms with Crippen LogP contribution in [0.4, 0.5) is 5.13 Å². The molecule has 3 rings (SSSR count). The van der Waals surface area contributed by atoms with Gasteiger partial charge in [-0.1, -0.05) is 31.6 Å². The van der Waals surface area contributed by atoms with Crippen LogP contribution in [0.2, 0.25) is 0 Å². The van der Waals surface area contributed by atoms with Crippen LogP contribution in [0, 0.1) is 17.8 Å². The van der Waals surface area contributed by atoms with E-state index in [1.54, 1.807) is 0 Å². The summed E-state index contributed by atoms with van der Waals surface area (Å²) in [6.07, 6.45) is 4.89. The molecule has 3 unspecified atom stereocenters. The Bertz CT molecular complexity index is 457. The minimum Gasteiger partial charge on any atom is -0.300 e. The zero-order valence-electron chi connectivity index (χ0n) is 10.8. The van der Waals surface area contributed by atoms with Crippen molar-refractivity contribution in [3.63, 3.8) is 0 Å². The monoisotopic (exact) mass is 265 g/mol. The molecular formula is C13H19N3OS. The van der Waals surface area contributed by atoms with Gasteiger partial charge in [-0.25, -0.2) is 0 Å². The van der Waals surface area contributed by atoms with Gasteiger partial charge in [0.1, 0.15) is 5.01 Å². The maximum atomic E-state index is 12.2. The molecule has 1 aromatic heterocycles. The van der Waals surface area contributed by atoms with Crippen molar-refractivity contribution < 1.29 is 4.79 Å². The van der Waals surface area contributed by atoms with E-state index in [0.717, 1.165) is 17.3 Å². The second-order valence-corrected chi connectivity index (χ2v) is 6.88. The van der Waals surface area contributed by atoms with Crippen molar-refractivity contribution in [2.75, 3.05) is 5.32 Å². The van der Waals surface area contributed by atoms with Crippen LogP contribution in [-0.2, 0) is 4.79 Å². The first-order valence-corrected chi connectivity index (χ1v) is 7.59. The topological polar surface area (TPSA) is 54.9 Å². The maximum Gasteiger partial charge on any atom is 0.229 e. The minimum absolute atomic E-state index is 0.161. The van der Waals surface area contributed by atoms with Crippen LogP contribution in [0.25, 0.3) is 0 Å². The standard InChI is InChI=1S/C13H19N3OS/c1-7(2)12-15-16-13(18-12)14-11(17)10-6-8-3-4-9(10)5-8/h7-10H,3-6H2,1-2H3,(H,14,16,17). The summed E-state index contributed by atoms with van der Waals surface area (Å²) in [6, 6.07) is 0. The van der Waals surface area contributed by atoms with Gasteiger partial charge < -0.3 is 5.32 Å². The molecular weight excluding hydrogens is 246 g/mol. The predicted molar refractivity (Wildman–Crippen MR) is 71.6 cm³/mol. The van der Waals surface area contributed by atoms with Gasteiger partial charge in [-0.05, 0) is 31.1 Å². The number of fused-ring (bicyclic) bond motifs is 2. The highest BCUT2D eigenvalue weighted by atomic mass is 32.1. The van der Waals surface area contributed by atoms with E-state index in [9.17, 15) is 4.79 Å². The summed E-state index contributed by atoms with van der Waals surface area (Å²) in [5.41, 5.74) is 0. The molecule has 2 aliphatic carbocycles. The summed E-state index contributed by atoms with van der Waals surface area (Å²) in [7, 11) is 0. The fourth-order valence-electron chi connectivity index (χ4n) is 3.28. The quantitative estimate of drug-likeness (QED) is 0.914. The molecule has 1 aromatic rings. The molecule has 1 N–H and O–H groups in total. The minimum atomic E-state index is 0.161. The number of anilines is 1. The number of hydrogen-bond donors (Lipinski definition) is 1. The Morgan fingerprint density at radius 3 is 2.72 bits per heavy atom. The normalized spacial score (nSPS) is 30.1. The molecule has 18 heavy (non-hydrogen) atoms. The molecule has 0 radical (unpaired) electrons. The molecule has 1 amide bonds. The third-order valence-electron chi connectivity index (χ3n) is 4.24. The molecule has 1 heterocycles. The van der Waals surface area contributed by atoms with E-state index in [1.807, 2.05) is 0 Å². The average Bonchev–Trinajstić information content (AvgIpc) is 3.03. The van der Waals surface area contributed by atoms with E-state index in [-0.39, 0.29) is 11.8 Å². The van der Waals surface area contributed by atoms with Gasteiger partial charge in [0, 0.05) is 11.8 Å². The molecule has 0 aliphatic heterocycles. The Hall–Kier alpha value is -0.970. The highest BCUT2D eigenvalue weighted by molar-refractivity contribution is 7.15. The second-order valence-electron chi connectivity index (χ2n) is 5.87. The largest absolute Gasteiger partial charge is 0.300 e. The molecule has 0 spiro atoms. The summed E-state index contributed by atoms with van der Waals surface area (Å²) in [5.74, 6) is 2.17. The van der Waals surface area contributed by atoms with Crippen LogP contribution in [0.1, 0.15) is 50.5 Å². The number of aromatic nitrogens is 2. The number of nitrogens with one attached hydrogen (secondary N) is 1. The highest BCUT2D eigenvalue weighted by Crippen LogP contribution is 2.48. The molecule has 0 aromatic carbocycles. The molecule has 2 fully saturated rings. The molecule has 2 bridgehead atoms. The van der Waals surface area contributed by atoms with Crippen LogP contribution >= 0.6 is 11.3 Å². The van der Waals surface area contributed by atoms with Crippen molar-refractivity contribution in [2.45, 2.75) is 45.4 Å². The van der Waals surface area contributed by atoms with Gasteiger partial charge >= 0.3 is 0 Å². The van der Waals surface area contributed by atoms with Crippen molar-refractivity contribution in [1.29, 1.82) is 0 Å². The molecule has 2 saturated carbocycles. The van der Waals surface area contributed by atoms with E-state index in [1.165, 1.54) is 30.6 Å². The van der Waals surface area contributed by atoms with Gasteiger partial charge in [0.2, 0.25) is 11.0 Å². The molecule has 4 nitrogen and oxygen atoms in total. The van der Waals surface area contributed by atoms with Gasteiger partial charge in [-0.15, -0.1) is 10.2 Å².